The van der Waals surface area contributed by atoms with E-state index in [0.29, 0.717) is 12.6 Å². The van der Waals surface area contributed by atoms with Gasteiger partial charge in [-0.05, 0) is 6.42 Å². The summed E-state index contributed by atoms with van der Waals surface area (Å²) in [6.07, 6.45) is 0.989. The third-order valence-corrected chi connectivity index (χ3v) is 2.13. The quantitative estimate of drug-likeness (QED) is 0.435. The number of hydrogen-bond donors (Lipinski definition) is 2. The second-order valence-corrected chi connectivity index (χ2v) is 2.77. The van der Waals surface area contributed by atoms with Crippen molar-refractivity contribution in [1.29, 1.82) is 0 Å². The minimum atomic E-state index is 0.105. The zero-order valence-electron chi connectivity index (χ0n) is 5.63. The van der Waals surface area contributed by atoms with Gasteiger partial charge in [0.1, 0.15) is 0 Å². The Bertz CT molecular complexity index is 159. The molecule has 0 aromatic carbocycles. The average molecular weight is 140 g/mol. The first-order valence-corrected chi connectivity index (χ1v) is 3.56. The van der Waals surface area contributed by atoms with Gasteiger partial charge in [0.2, 0.25) is 5.91 Å². The number of amides is 1. The largest absolute Gasteiger partial charge is 0.291 e. The van der Waals surface area contributed by atoms with Crippen molar-refractivity contribution in [3.8, 4) is 0 Å². The molecule has 2 atom stereocenters. The second-order valence-electron chi connectivity index (χ2n) is 2.77. The van der Waals surface area contributed by atoms with Gasteiger partial charge in [-0.15, -0.1) is 0 Å². The number of rotatable bonds is 0. The third-order valence-electron chi connectivity index (χ3n) is 2.13. The molecule has 2 saturated heterocycles. The Kier molecular flexibility index (Phi) is 1.35. The molecular formula is C6H10N3O. The topological polar surface area (TPSA) is 55.2 Å². The van der Waals surface area contributed by atoms with E-state index >= 15 is 0 Å². The summed E-state index contributed by atoms with van der Waals surface area (Å²) < 4.78 is 0. The summed E-state index contributed by atoms with van der Waals surface area (Å²) in [4.78, 5) is 11.0. The summed E-state index contributed by atoms with van der Waals surface area (Å²) >= 11 is 0. The normalized spacial score (nSPS) is 39.0. The minimum absolute atomic E-state index is 0.105. The van der Waals surface area contributed by atoms with Crippen molar-refractivity contribution in [3.05, 3.63) is 0 Å². The lowest BCUT2D eigenvalue weighted by molar-refractivity contribution is -0.122. The van der Waals surface area contributed by atoms with Gasteiger partial charge in [0.25, 0.3) is 0 Å². The number of nitrogens with zero attached hydrogens (tertiary/aromatic N) is 1. The van der Waals surface area contributed by atoms with E-state index in [4.69, 9.17) is 0 Å². The van der Waals surface area contributed by atoms with Gasteiger partial charge in [0.15, 0.2) is 0 Å². The Morgan fingerprint density at radius 1 is 1.60 bits per heavy atom. The standard InChI is InChI=1S/C6H10N3O/c10-6-4-3-7-2-1-5(4)8-9-6/h4-5,8H,1-3H2,(H,9,10). The van der Waals surface area contributed by atoms with Crippen molar-refractivity contribution in [3.63, 3.8) is 0 Å². The lowest BCUT2D eigenvalue weighted by Crippen LogP contribution is -2.40. The molecule has 2 heterocycles. The first-order valence-electron chi connectivity index (χ1n) is 3.56. The fourth-order valence-corrected chi connectivity index (χ4v) is 1.48. The van der Waals surface area contributed by atoms with E-state index < -0.39 is 0 Å². The molecule has 0 saturated carbocycles. The Labute approximate surface area is 59.3 Å². The molecule has 2 rings (SSSR count). The van der Waals surface area contributed by atoms with E-state index in [1.165, 1.54) is 0 Å². The van der Waals surface area contributed by atoms with Crippen LogP contribution in [-0.4, -0.2) is 25.0 Å². The molecule has 2 unspecified atom stereocenters. The number of hydrazine groups is 1. The highest BCUT2D eigenvalue weighted by Gasteiger charge is 2.36. The molecule has 1 amide bonds. The Hall–Kier alpha value is -0.610. The van der Waals surface area contributed by atoms with E-state index in [1.807, 2.05) is 0 Å². The third kappa shape index (κ3) is 0.803. The Balaban J connectivity index is 2.08. The van der Waals surface area contributed by atoms with Crippen molar-refractivity contribution < 1.29 is 4.79 Å². The minimum Gasteiger partial charge on any atom is -0.291 e. The van der Waals surface area contributed by atoms with Gasteiger partial charge < -0.3 is 0 Å². The van der Waals surface area contributed by atoms with Crippen LogP contribution in [0.15, 0.2) is 0 Å². The van der Waals surface area contributed by atoms with Gasteiger partial charge in [-0.2, -0.15) is 0 Å². The lowest BCUT2D eigenvalue weighted by Gasteiger charge is -2.20. The van der Waals surface area contributed by atoms with Crippen molar-refractivity contribution in [2.24, 2.45) is 5.92 Å². The van der Waals surface area contributed by atoms with Gasteiger partial charge in [-0.1, -0.05) is 0 Å². The average Bonchev–Trinajstić information content (AvgIpc) is 2.34. The summed E-state index contributed by atoms with van der Waals surface area (Å²) in [5.74, 6) is 0.210. The second kappa shape index (κ2) is 2.21. The molecule has 0 aliphatic carbocycles. The molecule has 2 aliphatic rings. The van der Waals surface area contributed by atoms with Crippen molar-refractivity contribution in [2.75, 3.05) is 13.1 Å². The van der Waals surface area contributed by atoms with Crippen LogP contribution in [0.1, 0.15) is 6.42 Å². The summed E-state index contributed by atoms with van der Waals surface area (Å²) in [5, 5.41) is 4.17. The van der Waals surface area contributed by atoms with Crippen molar-refractivity contribution in [1.82, 2.24) is 16.2 Å². The van der Waals surface area contributed by atoms with Crippen LogP contribution in [-0.2, 0) is 4.79 Å². The number of fused-ring (bicyclic) bond motifs is 1. The zero-order valence-corrected chi connectivity index (χ0v) is 5.63. The molecule has 2 aliphatic heterocycles. The molecule has 0 spiro atoms. The zero-order chi connectivity index (χ0) is 6.97. The lowest BCUT2D eigenvalue weighted by atomic mass is 9.95. The fraction of sp³-hybridized carbons (Fsp3) is 0.833. The molecule has 10 heavy (non-hydrogen) atoms. The first kappa shape index (κ1) is 6.12. The van der Waals surface area contributed by atoms with Crippen LogP contribution in [0.2, 0.25) is 0 Å². The van der Waals surface area contributed by atoms with Crippen LogP contribution in [0.5, 0.6) is 0 Å². The maximum Gasteiger partial charge on any atom is 0.240 e. The summed E-state index contributed by atoms with van der Waals surface area (Å²) in [5.41, 5.74) is 5.56. The van der Waals surface area contributed by atoms with Crippen molar-refractivity contribution in [2.45, 2.75) is 12.5 Å². The van der Waals surface area contributed by atoms with Gasteiger partial charge in [0.05, 0.1) is 5.92 Å². The maximum atomic E-state index is 11.0. The molecule has 0 bridgehead atoms. The van der Waals surface area contributed by atoms with Crippen LogP contribution in [0.3, 0.4) is 0 Å². The predicted octanol–water partition coefficient (Wildman–Crippen LogP) is -1.39. The monoisotopic (exact) mass is 140 g/mol. The number of piperidine rings is 1. The van der Waals surface area contributed by atoms with Crippen molar-refractivity contribution >= 4 is 5.91 Å². The van der Waals surface area contributed by atoms with Crippen LogP contribution in [0.25, 0.3) is 0 Å². The maximum absolute atomic E-state index is 11.0. The van der Waals surface area contributed by atoms with E-state index in [1.54, 1.807) is 0 Å². The number of hydrogen-bond acceptors (Lipinski definition) is 2. The fourth-order valence-electron chi connectivity index (χ4n) is 1.48. The van der Waals surface area contributed by atoms with E-state index in [2.05, 4.69) is 16.2 Å². The predicted molar refractivity (Wildman–Crippen MR) is 35.0 cm³/mol. The van der Waals surface area contributed by atoms with Crippen LogP contribution < -0.4 is 16.2 Å². The molecule has 2 N–H and O–H groups in total. The SMILES string of the molecule is O=C1NNC2CC[N]CC12. The smallest absolute Gasteiger partial charge is 0.240 e. The highest BCUT2D eigenvalue weighted by atomic mass is 16.2. The van der Waals surface area contributed by atoms with Gasteiger partial charge >= 0.3 is 0 Å². The molecule has 55 valence electrons. The molecule has 4 heteroatoms. The van der Waals surface area contributed by atoms with Crippen LogP contribution in [0, 0.1) is 5.92 Å². The molecule has 4 nitrogen and oxygen atoms in total. The Morgan fingerprint density at radius 2 is 2.50 bits per heavy atom. The highest BCUT2D eigenvalue weighted by molar-refractivity contribution is 5.81. The molecule has 2 fully saturated rings. The first-order chi connectivity index (χ1) is 4.88. The van der Waals surface area contributed by atoms with Crippen LogP contribution in [0.4, 0.5) is 0 Å². The number of carbonyl (C=O) groups is 1. The summed E-state index contributed by atoms with van der Waals surface area (Å²) in [6.45, 7) is 1.59. The van der Waals surface area contributed by atoms with Gasteiger partial charge in [-0.25, -0.2) is 10.7 Å². The Morgan fingerprint density at radius 3 is 3.30 bits per heavy atom. The van der Waals surface area contributed by atoms with E-state index in [9.17, 15) is 4.79 Å². The molecule has 0 aromatic rings. The number of nitrogens with one attached hydrogen (secondary N) is 2. The van der Waals surface area contributed by atoms with E-state index in [-0.39, 0.29) is 11.8 Å². The van der Waals surface area contributed by atoms with Gasteiger partial charge in [-0.3, -0.25) is 10.2 Å². The number of carbonyl (C=O) groups excluding carboxylic acids is 1. The van der Waals surface area contributed by atoms with Crippen LogP contribution >= 0.6 is 0 Å². The molecule has 0 aromatic heterocycles. The van der Waals surface area contributed by atoms with E-state index in [0.717, 1.165) is 13.0 Å². The summed E-state index contributed by atoms with van der Waals surface area (Å²) in [6, 6.07) is 0.338. The summed E-state index contributed by atoms with van der Waals surface area (Å²) in [7, 11) is 0. The molecular weight excluding hydrogens is 130 g/mol. The molecule has 1 radical (unpaired) electrons. The highest BCUT2D eigenvalue weighted by Crippen LogP contribution is 2.15. The van der Waals surface area contributed by atoms with Gasteiger partial charge in [0, 0.05) is 19.1 Å².